The van der Waals surface area contributed by atoms with Crippen LogP contribution in [0.3, 0.4) is 0 Å². The third-order valence-corrected chi connectivity index (χ3v) is 3.42. The van der Waals surface area contributed by atoms with Crippen LogP contribution in [0.2, 0.25) is 0 Å². The zero-order valence-electron chi connectivity index (χ0n) is 13.1. The van der Waals surface area contributed by atoms with Crippen LogP contribution < -0.4 is 4.74 Å². The van der Waals surface area contributed by atoms with Gasteiger partial charge in [0, 0.05) is 5.56 Å². The fourth-order valence-corrected chi connectivity index (χ4v) is 2.50. The topological polar surface area (TPSA) is 9.23 Å². The highest BCUT2D eigenvalue weighted by molar-refractivity contribution is 5.47. The molecule has 0 heterocycles. The van der Waals surface area contributed by atoms with Gasteiger partial charge in [0.05, 0.1) is 0 Å². The van der Waals surface area contributed by atoms with E-state index in [1.54, 1.807) is 0 Å². The molecule has 0 aromatic heterocycles. The summed E-state index contributed by atoms with van der Waals surface area (Å²) in [6.45, 7) is 11.2. The fraction of sp³-hybridized carbons (Fsp3) is 0.368. The Morgan fingerprint density at radius 1 is 0.850 bits per heavy atom. The summed E-state index contributed by atoms with van der Waals surface area (Å²) < 4.78 is 6.11. The van der Waals surface area contributed by atoms with Crippen molar-refractivity contribution in [2.75, 3.05) is 0 Å². The van der Waals surface area contributed by atoms with Crippen LogP contribution in [0.25, 0.3) is 0 Å². The second-order valence-corrected chi connectivity index (χ2v) is 6.54. The van der Waals surface area contributed by atoms with E-state index in [1.165, 1.54) is 11.1 Å². The van der Waals surface area contributed by atoms with Gasteiger partial charge in [-0.25, -0.2) is 0 Å². The maximum absolute atomic E-state index is 6.11. The third-order valence-electron chi connectivity index (χ3n) is 3.42. The highest BCUT2D eigenvalue weighted by Crippen LogP contribution is 2.38. The smallest absolute Gasteiger partial charge is 0.131 e. The molecular weight excluding hydrogens is 244 g/mol. The van der Waals surface area contributed by atoms with Crippen molar-refractivity contribution >= 4 is 0 Å². The number of hydrogen-bond acceptors (Lipinski definition) is 1. The van der Waals surface area contributed by atoms with E-state index in [2.05, 4.69) is 52.8 Å². The number of hydrogen-bond donors (Lipinski definition) is 0. The molecular formula is C19H24O. The second-order valence-electron chi connectivity index (χ2n) is 6.54. The van der Waals surface area contributed by atoms with E-state index >= 15 is 0 Å². The van der Waals surface area contributed by atoms with Crippen molar-refractivity contribution in [3.8, 4) is 11.5 Å². The van der Waals surface area contributed by atoms with Crippen LogP contribution >= 0.6 is 0 Å². The van der Waals surface area contributed by atoms with Crippen molar-refractivity contribution in [3.05, 3.63) is 59.7 Å². The van der Waals surface area contributed by atoms with Gasteiger partial charge in [-0.1, -0.05) is 65.0 Å². The molecule has 0 saturated heterocycles. The van der Waals surface area contributed by atoms with Gasteiger partial charge < -0.3 is 4.74 Å². The van der Waals surface area contributed by atoms with Gasteiger partial charge in [0.1, 0.15) is 11.5 Å². The Balaban J connectivity index is 2.48. The fourth-order valence-electron chi connectivity index (χ4n) is 2.50. The Labute approximate surface area is 122 Å². The Kier molecular flexibility index (Phi) is 4.17. The lowest BCUT2D eigenvalue weighted by atomic mass is 9.80. The molecule has 0 amide bonds. The van der Waals surface area contributed by atoms with E-state index < -0.39 is 0 Å². The molecule has 0 unspecified atom stereocenters. The van der Waals surface area contributed by atoms with Crippen LogP contribution in [0.1, 0.15) is 51.7 Å². The van der Waals surface area contributed by atoms with Crippen molar-refractivity contribution in [2.45, 2.75) is 46.0 Å². The van der Waals surface area contributed by atoms with Gasteiger partial charge in [-0.15, -0.1) is 0 Å². The standard InChI is InChI=1S/C19H24O/c1-14(2)18-16(19(3,4)5)12-9-13-17(18)20-15-10-7-6-8-11-15/h6-14H,1-5H3. The summed E-state index contributed by atoms with van der Waals surface area (Å²) in [4.78, 5) is 0. The van der Waals surface area contributed by atoms with Gasteiger partial charge in [-0.2, -0.15) is 0 Å². The second kappa shape index (κ2) is 5.70. The van der Waals surface area contributed by atoms with E-state index in [9.17, 15) is 0 Å². The number of benzene rings is 2. The summed E-state index contributed by atoms with van der Waals surface area (Å²) in [5.74, 6) is 2.29. The molecule has 1 nitrogen and oxygen atoms in total. The molecule has 0 aliphatic carbocycles. The summed E-state index contributed by atoms with van der Waals surface area (Å²) in [5, 5.41) is 0. The van der Waals surface area contributed by atoms with Crippen molar-refractivity contribution in [2.24, 2.45) is 0 Å². The highest BCUT2D eigenvalue weighted by Gasteiger charge is 2.22. The van der Waals surface area contributed by atoms with E-state index in [4.69, 9.17) is 4.74 Å². The minimum atomic E-state index is 0.121. The SMILES string of the molecule is CC(C)c1c(Oc2ccccc2)cccc1C(C)(C)C. The van der Waals surface area contributed by atoms with Crippen molar-refractivity contribution in [1.29, 1.82) is 0 Å². The first kappa shape index (κ1) is 14.6. The molecule has 106 valence electrons. The average Bonchev–Trinajstić information content (AvgIpc) is 2.38. The van der Waals surface area contributed by atoms with Gasteiger partial charge in [-0.05, 0) is 35.1 Å². The Bertz CT molecular complexity index is 562. The number of ether oxygens (including phenoxy) is 1. The van der Waals surface area contributed by atoms with Crippen molar-refractivity contribution in [3.63, 3.8) is 0 Å². The summed E-state index contributed by atoms with van der Waals surface area (Å²) in [5.41, 5.74) is 2.79. The molecule has 2 aromatic rings. The molecule has 0 aliphatic rings. The molecule has 0 N–H and O–H groups in total. The Hall–Kier alpha value is -1.76. The quantitative estimate of drug-likeness (QED) is 0.673. The van der Waals surface area contributed by atoms with Gasteiger partial charge in [-0.3, -0.25) is 0 Å². The van der Waals surface area contributed by atoms with E-state index in [1.807, 2.05) is 30.3 Å². The van der Waals surface area contributed by atoms with Crippen molar-refractivity contribution < 1.29 is 4.74 Å². The molecule has 2 aromatic carbocycles. The van der Waals surface area contributed by atoms with Crippen LogP contribution in [0.5, 0.6) is 11.5 Å². The third kappa shape index (κ3) is 3.22. The van der Waals surface area contributed by atoms with Crippen LogP contribution in [0.15, 0.2) is 48.5 Å². The number of para-hydroxylation sites is 1. The number of rotatable bonds is 3. The van der Waals surface area contributed by atoms with E-state index in [0.717, 1.165) is 11.5 Å². The predicted molar refractivity (Wildman–Crippen MR) is 85.7 cm³/mol. The van der Waals surface area contributed by atoms with Gasteiger partial charge in [0.2, 0.25) is 0 Å². The van der Waals surface area contributed by atoms with E-state index in [0.29, 0.717) is 5.92 Å². The Morgan fingerprint density at radius 2 is 1.50 bits per heavy atom. The first-order valence-electron chi connectivity index (χ1n) is 7.26. The minimum absolute atomic E-state index is 0.121. The molecule has 0 atom stereocenters. The summed E-state index contributed by atoms with van der Waals surface area (Å²) in [6.07, 6.45) is 0. The molecule has 2 rings (SSSR count). The van der Waals surface area contributed by atoms with Crippen LogP contribution in [0, 0.1) is 0 Å². The maximum atomic E-state index is 6.11. The largest absolute Gasteiger partial charge is 0.457 e. The normalized spacial score (nSPS) is 11.7. The van der Waals surface area contributed by atoms with Crippen LogP contribution in [-0.2, 0) is 5.41 Å². The lowest BCUT2D eigenvalue weighted by Crippen LogP contribution is -2.15. The summed E-state index contributed by atoms with van der Waals surface area (Å²) >= 11 is 0. The van der Waals surface area contributed by atoms with Crippen LogP contribution in [0.4, 0.5) is 0 Å². The first-order chi connectivity index (χ1) is 9.39. The molecule has 20 heavy (non-hydrogen) atoms. The van der Waals surface area contributed by atoms with Crippen molar-refractivity contribution in [1.82, 2.24) is 0 Å². The van der Waals surface area contributed by atoms with Gasteiger partial charge in [0.25, 0.3) is 0 Å². The molecule has 0 bridgehead atoms. The summed E-state index contributed by atoms with van der Waals surface area (Å²) in [6, 6.07) is 16.4. The average molecular weight is 268 g/mol. The lowest BCUT2D eigenvalue weighted by Gasteiger charge is -2.26. The molecule has 1 heteroatoms. The zero-order valence-corrected chi connectivity index (χ0v) is 13.1. The Morgan fingerprint density at radius 3 is 2.05 bits per heavy atom. The first-order valence-corrected chi connectivity index (χ1v) is 7.26. The van der Waals surface area contributed by atoms with Gasteiger partial charge >= 0.3 is 0 Å². The highest BCUT2D eigenvalue weighted by atomic mass is 16.5. The van der Waals surface area contributed by atoms with Crippen LogP contribution in [-0.4, -0.2) is 0 Å². The minimum Gasteiger partial charge on any atom is -0.457 e. The molecule has 0 saturated carbocycles. The summed E-state index contributed by atoms with van der Waals surface area (Å²) in [7, 11) is 0. The molecule has 0 fully saturated rings. The lowest BCUT2D eigenvalue weighted by molar-refractivity contribution is 0.466. The monoisotopic (exact) mass is 268 g/mol. The zero-order chi connectivity index (χ0) is 14.8. The molecule has 0 aliphatic heterocycles. The predicted octanol–water partition coefficient (Wildman–Crippen LogP) is 5.90. The maximum Gasteiger partial charge on any atom is 0.131 e. The molecule has 0 radical (unpaired) electrons. The molecule has 0 spiro atoms. The van der Waals surface area contributed by atoms with E-state index in [-0.39, 0.29) is 5.41 Å². The van der Waals surface area contributed by atoms with Gasteiger partial charge in [0.15, 0.2) is 0 Å².